The summed E-state index contributed by atoms with van der Waals surface area (Å²) in [6.45, 7) is 6.97. The van der Waals surface area contributed by atoms with Gasteiger partial charge in [-0.05, 0) is 87.4 Å². The number of rotatable bonds is 10. The lowest BCUT2D eigenvalue weighted by Gasteiger charge is -2.18. The lowest BCUT2D eigenvalue weighted by atomic mass is 10.0. The van der Waals surface area contributed by atoms with Gasteiger partial charge >= 0.3 is 0 Å². The minimum atomic E-state index is 0.671. The molecule has 0 saturated carbocycles. The molecule has 35 heavy (non-hydrogen) atoms. The summed E-state index contributed by atoms with van der Waals surface area (Å²) in [4.78, 5) is 7.59. The van der Waals surface area contributed by atoms with Crippen LogP contribution in [0.1, 0.15) is 47.9 Å². The average molecular weight is 476 g/mol. The third-order valence-electron chi connectivity index (χ3n) is 7.31. The van der Waals surface area contributed by atoms with E-state index in [4.69, 9.17) is 19.2 Å². The molecule has 1 aromatic heterocycles. The largest absolute Gasteiger partial charge is 0.496 e. The highest BCUT2D eigenvalue weighted by molar-refractivity contribution is 5.89. The molecule has 186 valence electrons. The maximum Gasteiger partial charge on any atom is 0.163 e. The summed E-state index contributed by atoms with van der Waals surface area (Å²) in [6, 6.07) is 10.5. The van der Waals surface area contributed by atoms with Crippen molar-refractivity contribution in [1.82, 2.24) is 9.88 Å². The van der Waals surface area contributed by atoms with E-state index in [1.54, 1.807) is 14.2 Å². The van der Waals surface area contributed by atoms with Gasteiger partial charge in [-0.2, -0.15) is 0 Å². The van der Waals surface area contributed by atoms with Crippen molar-refractivity contribution in [3.05, 3.63) is 52.6 Å². The van der Waals surface area contributed by atoms with E-state index in [1.165, 1.54) is 48.0 Å². The predicted octanol–water partition coefficient (Wildman–Crippen LogP) is 5.53. The van der Waals surface area contributed by atoms with Gasteiger partial charge < -0.3 is 24.4 Å². The zero-order valence-electron chi connectivity index (χ0n) is 21.3. The highest BCUT2D eigenvalue weighted by Crippen LogP contribution is 2.39. The number of pyridine rings is 1. The van der Waals surface area contributed by atoms with Crippen molar-refractivity contribution in [3.8, 4) is 17.2 Å². The van der Waals surface area contributed by atoms with E-state index in [-0.39, 0.29) is 0 Å². The molecule has 2 aromatic carbocycles. The van der Waals surface area contributed by atoms with Crippen molar-refractivity contribution in [2.45, 2.75) is 52.0 Å². The molecule has 3 aromatic rings. The maximum atomic E-state index is 6.20. The second-order valence-corrected chi connectivity index (χ2v) is 9.71. The van der Waals surface area contributed by atoms with Crippen molar-refractivity contribution < 1.29 is 14.2 Å². The highest BCUT2D eigenvalue weighted by Gasteiger charge is 2.22. The zero-order chi connectivity index (χ0) is 24.2. The number of hydrogen-bond donors (Lipinski definition) is 1. The number of aromatic nitrogens is 1. The molecule has 1 aliphatic heterocycles. The Kier molecular flexibility index (Phi) is 7.28. The van der Waals surface area contributed by atoms with Gasteiger partial charge in [0.25, 0.3) is 0 Å². The second kappa shape index (κ2) is 10.7. The standard InChI is InChI=1S/C29H37N3O3/c1-20-10-11-21(26(16-20)33-2)19-30-29-23-9-6-8-22(23)24-17-27(34-3)28(18-25(24)31-29)35-15-7-14-32-12-4-5-13-32/h10-11,16-18H,4-9,12-15,19H2,1-3H3,(H,30,31). The van der Waals surface area contributed by atoms with Crippen LogP contribution in [0.5, 0.6) is 17.2 Å². The summed E-state index contributed by atoms with van der Waals surface area (Å²) in [5, 5.41) is 4.79. The molecule has 5 rings (SSSR count). The Morgan fingerprint density at radius 3 is 2.51 bits per heavy atom. The topological polar surface area (TPSA) is 55.8 Å². The summed E-state index contributed by atoms with van der Waals surface area (Å²) >= 11 is 0. The first-order valence-corrected chi connectivity index (χ1v) is 12.9. The Labute approximate surface area is 208 Å². The molecule has 0 amide bonds. The summed E-state index contributed by atoms with van der Waals surface area (Å²) in [6.07, 6.45) is 6.92. The Morgan fingerprint density at radius 1 is 0.914 bits per heavy atom. The van der Waals surface area contributed by atoms with Crippen LogP contribution in [0.25, 0.3) is 10.9 Å². The number of fused-ring (bicyclic) bond motifs is 3. The van der Waals surface area contributed by atoms with Crippen LogP contribution >= 0.6 is 0 Å². The molecule has 2 heterocycles. The third kappa shape index (κ3) is 5.18. The predicted molar refractivity (Wildman–Crippen MR) is 141 cm³/mol. The molecule has 0 radical (unpaired) electrons. The third-order valence-corrected chi connectivity index (χ3v) is 7.31. The molecule has 0 unspecified atom stereocenters. The first-order chi connectivity index (χ1) is 17.2. The molecule has 1 N–H and O–H groups in total. The van der Waals surface area contributed by atoms with Gasteiger partial charge in [-0.1, -0.05) is 12.1 Å². The average Bonchev–Trinajstić information content (AvgIpc) is 3.58. The van der Waals surface area contributed by atoms with Crippen molar-refractivity contribution in [2.75, 3.05) is 45.8 Å². The van der Waals surface area contributed by atoms with Gasteiger partial charge in [0, 0.05) is 30.1 Å². The highest BCUT2D eigenvalue weighted by atomic mass is 16.5. The van der Waals surface area contributed by atoms with Gasteiger partial charge in [0.1, 0.15) is 11.6 Å². The molecule has 6 nitrogen and oxygen atoms in total. The Morgan fingerprint density at radius 2 is 1.71 bits per heavy atom. The van der Waals surface area contributed by atoms with Crippen LogP contribution in [0.4, 0.5) is 5.82 Å². The zero-order valence-corrected chi connectivity index (χ0v) is 21.3. The summed E-state index contributed by atoms with van der Waals surface area (Å²) in [5.41, 5.74) is 5.98. The molecule has 6 heteroatoms. The molecule has 1 fully saturated rings. The van der Waals surface area contributed by atoms with E-state index < -0.39 is 0 Å². The molecule has 0 bridgehead atoms. The fraction of sp³-hybridized carbons (Fsp3) is 0.483. The normalized spacial score (nSPS) is 15.4. The number of nitrogens with zero attached hydrogens (tertiary/aromatic N) is 2. The van der Waals surface area contributed by atoms with Crippen LogP contribution in [-0.2, 0) is 19.4 Å². The van der Waals surface area contributed by atoms with Crippen LogP contribution in [-0.4, -0.2) is 50.3 Å². The Balaban J connectivity index is 1.38. The molecule has 0 spiro atoms. The maximum absolute atomic E-state index is 6.20. The van der Waals surface area contributed by atoms with Gasteiger partial charge in [0.2, 0.25) is 0 Å². The van der Waals surface area contributed by atoms with Crippen LogP contribution in [0.15, 0.2) is 30.3 Å². The number of methoxy groups -OCH3 is 2. The molecular weight excluding hydrogens is 438 g/mol. The van der Waals surface area contributed by atoms with E-state index in [2.05, 4.69) is 47.5 Å². The van der Waals surface area contributed by atoms with Crippen molar-refractivity contribution >= 4 is 16.7 Å². The number of hydrogen-bond acceptors (Lipinski definition) is 6. The summed E-state index contributed by atoms with van der Waals surface area (Å²) in [7, 11) is 3.45. The van der Waals surface area contributed by atoms with Crippen LogP contribution in [0.2, 0.25) is 0 Å². The summed E-state index contributed by atoms with van der Waals surface area (Å²) in [5.74, 6) is 3.44. The minimum Gasteiger partial charge on any atom is -0.496 e. The smallest absolute Gasteiger partial charge is 0.163 e. The fourth-order valence-corrected chi connectivity index (χ4v) is 5.45. The monoisotopic (exact) mass is 475 g/mol. The van der Waals surface area contributed by atoms with Crippen LogP contribution in [0, 0.1) is 6.92 Å². The minimum absolute atomic E-state index is 0.671. The van der Waals surface area contributed by atoms with Crippen LogP contribution < -0.4 is 19.5 Å². The van der Waals surface area contributed by atoms with Crippen molar-refractivity contribution in [2.24, 2.45) is 0 Å². The Hall–Kier alpha value is -2.99. The first-order valence-electron chi connectivity index (χ1n) is 12.9. The van der Waals surface area contributed by atoms with Crippen LogP contribution in [0.3, 0.4) is 0 Å². The first kappa shape index (κ1) is 23.7. The molecule has 0 atom stereocenters. The van der Waals surface area contributed by atoms with Crippen molar-refractivity contribution in [1.29, 1.82) is 0 Å². The molecule has 2 aliphatic rings. The number of aryl methyl sites for hydroxylation is 2. The number of nitrogens with one attached hydrogen (secondary N) is 1. The van der Waals surface area contributed by atoms with E-state index >= 15 is 0 Å². The lowest BCUT2D eigenvalue weighted by Crippen LogP contribution is -2.21. The lowest BCUT2D eigenvalue weighted by molar-refractivity contribution is 0.254. The Bertz CT molecular complexity index is 1190. The van der Waals surface area contributed by atoms with Gasteiger partial charge in [-0.3, -0.25) is 0 Å². The quantitative estimate of drug-likeness (QED) is 0.389. The van der Waals surface area contributed by atoms with E-state index in [0.29, 0.717) is 13.2 Å². The number of ether oxygens (including phenoxy) is 3. The van der Waals surface area contributed by atoms with E-state index in [0.717, 1.165) is 66.4 Å². The molecule has 1 saturated heterocycles. The molecular formula is C29H37N3O3. The number of anilines is 1. The number of benzene rings is 2. The van der Waals surface area contributed by atoms with Gasteiger partial charge in [0.05, 0.1) is 26.3 Å². The van der Waals surface area contributed by atoms with Gasteiger partial charge in [-0.15, -0.1) is 0 Å². The second-order valence-electron chi connectivity index (χ2n) is 9.71. The molecule has 1 aliphatic carbocycles. The van der Waals surface area contributed by atoms with Gasteiger partial charge in [0.15, 0.2) is 11.5 Å². The van der Waals surface area contributed by atoms with E-state index in [9.17, 15) is 0 Å². The van der Waals surface area contributed by atoms with Gasteiger partial charge in [-0.25, -0.2) is 4.98 Å². The SMILES string of the molecule is COc1cc(C)ccc1CNc1nc2cc(OCCCN3CCCC3)c(OC)cc2c2c1CCC2. The van der Waals surface area contributed by atoms with E-state index in [1.807, 2.05) is 0 Å². The fourth-order valence-electron chi connectivity index (χ4n) is 5.45. The van der Waals surface area contributed by atoms with Crippen molar-refractivity contribution in [3.63, 3.8) is 0 Å². The number of likely N-dealkylation sites (tertiary alicyclic amines) is 1. The summed E-state index contributed by atoms with van der Waals surface area (Å²) < 4.78 is 17.5.